The number of aryl methyl sites for hydroxylation is 2. The molecule has 0 fully saturated rings. The van der Waals surface area contributed by atoms with Gasteiger partial charge in [-0.1, -0.05) is 29.8 Å². The van der Waals surface area contributed by atoms with Gasteiger partial charge in [0.15, 0.2) is 0 Å². The molecule has 3 aromatic rings. The van der Waals surface area contributed by atoms with Crippen LogP contribution in [0.3, 0.4) is 0 Å². The van der Waals surface area contributed by atoms with Crippen molar-refractivity contribution < 1.29 is 22.0 Å². The fourth-order valence-electron chi connectivity index (χ4n) is 2.90. The van der Waals surface area contributed by atoms with E-state index in [1.165, 1.54) is 24.5 Å². The number of halogens is 1. The van der Waals surface area contributed by atoms with Gasteiger partial charge in [0.05, 0.1) is 24.2 Å². The van der Waals surface area contributed by atoms with Crippen molar-refractivity contribution in [3.05, 3.63) is 89.1 Å². The van der Waals surface area contributed by atoms with Gasteiger partial charge in [0.25, 0.3) is 0 Å². The van der Waals surface area contributed by atoms with Crippen LogP contribution in [0.15, 0.2) is 70.2 Å². The van der Waals surface area contributed by atoms with Gasteiger partial charge in [-0.15, -0.1) is 0 Å². The van der Waals surface area contributed by atoms with Crippen molar-refractivity contribution >= 4 is 15.9 Å². The van der Waals surface area contributed by atoms with Gasteiger partial charge >= 0.3 is 0 Å². The van der Waals surface area contributed by atoms with E-state index < -0.39 is 15.9 Å². The summed E-state index contributed by atoms with van der Waals surface area (Å²) in [7, 11) is -3.92. The van der Waals surface area contributed by atoms with Crippen molar-refractivity contribution in [1.29, 1.82) is 0 Å². The Morgan fingerprint density at radius 3 is 2.47 bits per heavy atom. The highest BCUT2D eigenvalue weighted by Gasteiger charge is 2.27. The lowest BCUT2D eigenvalue weighted by molar-refractivity contribution is -0.121. The highest BCUT2D eigenvalue weighted by atomic mass is 32.2. The van der Waals surface area contributed by atoms with Crippen LogP contribution >= 0.6 is 0 Å². The second-order valence-electron chi connectivity index (χ2n) is 7.03. The van der Waals surface area contributed by atoms with Gasteiger partial charge in [0.2, 0.25) is 15.9 Å². The Balaban J connectivity index is 1.75. The molecule has 2 aromatic carbocycles. The molecule has 158 valence electrons. The summed E-state index contributed by atoms with van der Waals surface area (Å²) in [6.07, 6.45) is 1.45. The number of sulfonamides is 1. The summed E-state index contributed by atoms with van der Waals surface area (Å²) in [5, 5.41) is 2.69. The summed E-state index contributed by atoms with van der Waals surface area (Å²) >= 11 is 0. The van der Waals surface area contributed by atoms with Gasteiger partial charge in [0, 0.05) is 6.54 Å². The predicted molar refractivity (Wildman–Crippen MR) is 110 cm³/mol. The van der Waals surface area contributed by atoms with E-state index in [0.717, 1.165) is 15.4 Å². The van der Waals surface area contributed by atoms with Crippen molar-refractivity contribution in [3.63, 3.8) is 0 Å². The quantitative estimate of drug-likeness (QED) is 0.593. The van der Waals surface area contributed by atoms with Crippen LogP contribution < -0.4 is 5.32 Å². The van der Waals surface area contributed by atoms with Crippen LogP contribution in [0.2, 0.25) is 0 Å². The smallest absolute Gasteiger partial charge is 0.243 e. The fraction of sp³-hybridized carbons (Fsp3) is 0.227. The normalized spacial score (nSPS) is 11.6. The summed E-state index contributed by atoms with van der Waals surface area (Å²) in [5.41, 5.74) is 2.13. The van der Waals surface area contributed by atoms with Crippen molar-refractivity contribution in [2.45, 2.75) is 31.8 Å². The standard InChI is InChI=1S/C22H23FN2O4S/c1-16-5-8-20(9-6-16)30(27,28)25(14-19-4-3-11-29-19)15-22(26)24-13-18-7-10-21(23)17(2)12-18/h3-12H,13-15H2,1-2H3,(H,24,26). The summed E-state index contributed by atoms with van der Waals surface area (Å²) in [6.45, 7) is 3.21. The third-order valence-corrected chi connectivity index (χ3v) is 6.41. The second kappa shape index (κ2) is 9.23. The van der Waals surface area contributed by atoms with Crippen LogP contribution in [-0.4, -0.2) is 25.2 Å². The topological polar surface area (TPSA) is 79.6 Å². The van der Waals surface area contributed by atoms with Crippen LogP contribution in [0, 0.1) is 19.7 Å². The molecule has 3 rings (SSSR count). The molecular formula is C22H23FN2O4S. The van der Waals surface area contributed by atoms with Gasteiger partial charge in [-0.3, -0.25) is 4.79 Å². The zero-order chi connectivity index (χ0) is 21.7. The molecule has 0 radical (unpaired) electrons. The number of furan rings is 1. The molecule has 0 aliphatic carbocycles. The Bertz CT molecular complexity index is 1110. The molecule has 1 heterocycles. The second-order valence-corrected chi connectivity index (χ2v) is 8.96. The van der Waals surface area contributed by atoms with Crippen molar-refractivity contribution in [2.75, 3.05) is 6.54 Å². The molecular weight excluding hydrogens is 407 g/mol. The van der Waals surface area contributed by atoms with E-state index in [-0.39, 0.29) is 30.3 Å². The van der Waals surface area contributed by atoms with E-state index in [0.29, 0.717) is 11.3 Å². The van der Waals surface area contributed by atoms with E-state index in [1.807, 2.05) is 6.92 Å². The van der Waals surface area contributed by atoms with E-state index in [2.05, 4.69) is 5.32 Å². The van der Waals surface area contributed by atoms with Gasteiger partial charge in [-0.05, 0) is 55.3 Å². The molecule has 0 saturated heterocycles. The maximum Gasteiger partial charge on any atom is 0.243 e. The highest BCUT2D eigenvalue weighted by Crippen LogP contribution is 2.19. The molecule has 6 nitrogen and oxygen atoms in total. The molecule has 1 aromatic heterocycles. The molecule has 0 bridgehead atoms. The molecule has 0 atom stereocenters. The zero-order valence-electron chi connectivity index (χ0n) is 16.8. The minimum Gasteiger partial charge on any atom is -0.468 e. The first-order valence-corrected chi connectivity index (χ1v) is 10.8. The first-order chi connectivity index (χ1) is 14.3. The summed E-state index contributed by atoms with van der Waals surface area (Å²) in [5.74, 6) is -0.370. The number of nitrogens with zero attached hydrogens (tertiary/aromatic N) is 1. The third kappa shape index (κ3) is 5.34. The molecule has 30 heavy (non-hydrogen) atoms. The Morgan fingerprint density at radius 1 is 1.10 bits per heavy atom. The first kappa shape index (κ1) is 21.7. The Morgan fingerprint density at radius 2 is 1.83 bits per heavy atom. The van der Waals surface area contributed by atoms with Crippen molar-refractivity contribution in [2.24, 2.45) is 0 Å². The number of carbonyl (C=O) groups excluding carboxylic acids is 1. The molecule has 0 aliphatic rings. The largest absolute Gasteiger partial charge is 0.468 e. The average molecular weight is 431 g/mol. The molecule has 0 unspecified atom stereocenters. The van der Waals surface area contributed by atoms with E-state index >= 15 is 0 Å². The van der Waals surface area contributed by atoms with Crippen LogP contribution in [0.25, 0.3) is 0 Å². The lowest BCUT2D eigenvalue weighted by Crippen LogP contribution is -2.40. The summed E-state index contributed by atoms with van der Waals surface area (Å²) in [4.78, 5) is 12.6. The van der Waals surface area contributed by atoms with Gasteiger partial charge in [-0.25, -0.2) is 12.8 Å². The lowest BCUT2D eigenvalue weighted by Gasteiger charge is -2.21. The molecule has 0 saturated carbocycles. The number of hydrogen-bond donors (Lipinski definition) is 1. The van der Waals surface area contributed by atoms with Gasteiger partial charge < -0.3 is 9.73 Å². The molecule has 1 amide bonds. The number of carbonyl (C=O) groups is 1. The summed E-state index contributed by atoms with van der Waals surface area (Å²) < 4.78 is 46.0. The third-order valence-electron chi connectivity index (χ3n) is 4.60. The number of nitrogens with one attached hydrogen (secondary N) is 1. The highest BCUT2D eigenvalue weighted by molar-refractivity contribution is 7.89. The molecule has 0 spiro atoms. The van der Waals surface area contributed by atoms with Crippen LogP contribution in [0.5, 0.6) is 0 Å². The maximum absolute atomic E-state index is 13.4. The summed E-state index contributed by atoms with van der Waals surface area (Å²) in [6, 6.07) is 14.3. The van der Waals surface area contributed by atoms with Crippen LogP contribution in [0.1, 0.15) is 22.5 Å². The van der Waals surface area contributed by atoms with E-state index in [9.17, 15) is 17.6 Å². The fourth-order valence-corrected chi connectivity index (χ4v) is 4.26. The average Bonchev–Trinajstić information content (AvgIpc) is 3.22. The first-order valence-electron chi connectivity index (χ1n) is 9.36. The van der Waals surface area contributed by atoms with Gasteiger partial charge in [0.1, 0.15) is 11.6 Å². The Hall–Kier alpha value is -2.97. The van der Waals surface area contributed by atoms with Crippen LogP contribution in [0.4, 0.5) is 4.39 Å². The van der Waals surface area contributed by atoms with E-state index in [1.54, 1.807) is 43.3 Å². The van der Waals surface area contributed by atoms with Crippen molar-refractivity contribution in [3.8, 4) is 0 Å². The molecule has 8 heteroatoms. The van der Waals surface area contributed by atoms with Crippen molar-refractivity contribution in [1.82, 2.24) is 9.62 Å². The lowest BCUT2D eigenvalue weighted by atomic mass is 10.1. The number of hydrogen-bond acceptors (Lipinski definition) is 4. The Labute approximate surface area is 175 Å². The maximum atomic E-state index is 13.4. The van der Waals surface area contributed by atoms with E-state index in [4.69, 9.17) is 4.42 Å². The van der Waals surface area contributed by atoms with Gasteiger partial charge in [-0.2, -0.15) is 4.31 Å². The Kier molecular flexibility index (Phi) is 6.69. The number of benzene rings is 2. The SMILES string of the molecule is Cc1ccc(S(=O)(=O)N(CC(=O)NCc2ccc(F)c(C)c2)Cc2ccco2)cc1. The predicted octanol–water partition coefficient (Wildman–Crippen LogP) is 3.54. The molecule has 0 aliphatic heterocycles. The monoisotopic (exact) mass is 430 g/mol. The zero-order valence-corrected chi connectivity index (χ0v) is 17.6. The number of rotatable bonds is 8. The van der Waals surface area contributed by atoms with Crippen LogP contribution in [-0.2, 0) is 27.9 Å². The number of amides is 1. The minimum atomic E-state index is -3.92. The minimum absolute atomic E-state index is 0.0771. The molecule has 1 N–H and O–H groups in total.